The van der Waals surface area contributed by atoms with Crippen molar-refractivity contribution in [3.05, 3.63) is 83.0 Å². The average Bonchev–Trinajstić information content (AvgIpc) is 2.88. The number of hydrogen-bond donors (Lipinski definition) is 0. The summed E-state index contributed by atoms with van der Waals surface area (Å²) < 4.78 is 70.3. The van der Waals surface area contributed by atoms with Crippen LogP contribution in [0.25, 0.3) is 11.3 Å². The van der Waals surface area contributed by atoms with Gasteiger partial charge in [-0.15, -0.1) is 0 Å². The molecule has 1 saturated heterocycles. The van der Waals surface area contributed by atoms with Crippen molar-refractivity contribution in [3.8, 4) is 17.0 Å². The first-order chi connectivity index (χ1) is 18.7. The summed E-state index contributed by atoms with van der Waals surface area (Å²) in [7, 11) is -3.59. The summed E-state index contributed by atoms with van der Waals surface area (Å²) in [5.41, 5.74) is 2.96. The van der Waals surface area contributed by atoms with Crippen LogP contribution in [0.3, 0.4) is 0 Å². The molecule has 0 amide bonds. The minimum Gasteiger partial charge on any atom is -0.487 e. The number of hydrogen-bond acceptors (Lipinski definition) is 5. The van der Waals surface area contributed by atoms with Gasteiger partial charge >= 0.3 is 6.18 Å². The van der Waals surface area contributed by atoms with Gasteiger partial charge in [-0.25, -0.2) is 8.42 Å². The van der Waals surface area contributed by atoms with Gasteiger partial charge in [0.15, 0.2) is 9.84 Å². The monoisotopic (exact) mass is 572 g/mol. The number of pyridine rings is 1. The third kappa shape index (κ3) is 6.52. The van der Waals surface area contributed by atoms with Gasteiger partial charge in [0.1, 0.15) is 11.4 Å². The Labute approximate surface area is 234 Å². The number of likely N-dealkylation sites (tertiary alicyclic amines) is 1. The first-order valence-corrected chi connectivity index (χ1v) is 15.4. The summed E-state index contributed by atoms with van der Waals surface area (Å²) in [6.07, 6.45) is 1.08. The second kappa shape index (κ2) is 10.5. The standard InChI is InChI=1S/C31H35F3N2O3S/c1-29(2,3)36-16-14-30(15-17-36)13-12-25-18-24(7-11-28(25)39-30)27-10-6-23(19-35-27)21-40(37,38)20-22-4-8-26(9-5-22)31(32,33)34/h4-11,18-19H,12-17,20-21H2,1-3H3. The van der Waals surface area contributed by atoms with Crippen LogP contribution in [-0.4, -0.2) is 42.5 Å². The molecule has 3 aromatic rings. The van der Waals surface area contributed by atoms with E-state index in [1.165, 1.54) is 12.1 Å². The first kappa shape index (κ1) is 28.6. The molecule has 0 N–H and O–H groups in total. The van der Waals surface area contributed by atoms with E-state index in [0.29, 0.717) is 11.1 Å². The molecule has 1 spiro atoms. The van der Waals surface area contributed by atoms with E-state index in [9.17, 15) is 21.6 Å². The number of sulfone groups is 1. The summed E-state index contributed by atoms with van der Waals surface area (Å²) in [5, 5.41) is 0. The predicted molar refractivity (Wildman–Crippen MR) is 150 cm³/mol. The van der Waals surface area contributed by atoms with E-state index < -0.39 is 21.6 Å². The highest BCUT2D eigenvalue weighted by atomic mass is 32.2. The minimum atomic E-state index is -4.46. The quantitative estimate of drug-likeness (QED) is 0.335. The number of alkyl halides is 3. The van der Waals surface area contributed by atoms with Crippen molar-refractivity contribution in [1.82, 2.24) is 9.88 Å². The number of aryl methyl sites for hydroxylation is 1. The molecule has 1 aromatic heterocycles. The van der Waals surface area contributed by atoms with Crippen LogP contribution < -0.4 is 4.74 Å². The van der Waals surface area contributed by atoms with E-state index in [1.807, 2.05) is 12.1 Å². The maximum atomic E-state index is 12.8. The SMILES string of the molecule is CC(C)(C)N1CCC2(CCc3cc(-c4ccc(CS(=O)(=O)Cc5ccc(C(F)(F)F)cc5)cn4)ccc3O2)CC1. The number of benzene rings is 2. The van der Waals surface area contributed by atoms with Crippen molar-refractivity contribution in [2.45, 2.75) is 75.3 Å². The van der Waals surface area contributed by atoms with E-state index in [2.05, 4.69) is 36.7 Å². The molecule has 0 saturated carbocycles. The van der Waals surface area contributed by atoms with Crippen LogP contribution in [0.1, 0.15) is 62.3 Å². The molecule has 2 aromatic carbocycles. The number of aromatic nitrogens is 1. The third-order valence-electron chi connectivity index (χ3n) is 8.04. The zero-order chi connectivity index (χ0) is 28.8. The second-order valence-electron chi connectivity index (χ2n) is 12.0. The lowest BCUT2D eigenvalue weighted by Crippen LogP contribution is -2.54. The van der Waals surface area contributed by atoms with Gasteiger partial charge in [0.05, 0.1) is 22.8 Å². The number of ether oxygens (including phenoxy) is 1. The molecule has 214 valence electrons. The molecule has 1 fully saturated rings. The lowest BCUT2D eigenvalue weighted by molar-refractivity contribution is -0.137. The van der Waals surface area contributed by atoms with E-state index >= 15 is 0 Å². The molecule has 3 heterocycles. The predicted octanol–water partition coefficient (Wildman–Crippen LogP) is 6.84. The molecule has 2 aliphatic rings. The van der Waals surface area contributed by atoms with Crippen molar-refractivity contribution in [3.63, 3.8) is 0 Å². The fourth-order valence-corrected chi connectivity index (χ4v) is 7.13. The van der Waals surface area contributed by atoms with Crippen LogP contribution in [0.5, 0.6) is 5.75 Å². The molecule has 0 radical (unpaired) electrons. The highest BCUT2D eigenvalue weighted by molar-refractivity contribution is 7.89. The Morgan fingerprint density at radius 1 is 0.900 bits per heavy atom. The highest BCUT2D eigenvalue weighted by Crippen LogP contribution is 2.41. The first-order valence-electron chi connectivity index (χ1n) is 13.6. The van der Waals surface area contributed by atoms with Crippen molar-refractivity contribution in [1.29, 1.82) is 0 Å². The molecule has 0 bridgehead atoms. The lowest BCUT2D eigenvalue weighted by Gasteiger charge is -2.48. The smallest absolute Gasteiger partial charge is 0.416 e. The second-order valence-corrected chi connectivity index (χ2v) is 14.1. The summed E-state index contributed by atoms with van der Waals surface area (Å²) in [4.78, 5) is 7.03. The lowest BCUT2D eigenvalue weighted by atomic mass is 9.81. The number of rotatable bonds is 5. The molecular formula is C31H35F3N2O3S. The van der Waals surface area contributed by atoms with Gasteiger partial charge in [-0.2, -0.15) is 13.2 Å². The van der Waals surface area contributed by atoms with Gasteiger partial charge in [0, 0.05) is 30.4 Å². The summed E-state index contributed by atoms with van der Waals surface area (Å²) in [6.45, 7) is 8.84. The van der Waals surface area contributed by atoms with Gasteiger partial charge in [-0.1, -0.05) is 18.2 Å². The highest BCUT2D eigenvalue weighted by Gasteiger charge is 2.41. The summed E-state index contributed by atoms with van der Waals surface area (Å²) >= 11 is 0. The molecule has 2 aliphatic heterocycles. The van der Waals surface area contributed by atoms with Crippen molar-refractivity contribution in [2.75, 3.05) is 13.1 Å². The van der Waals surface area contributed by atoms with E-state index in [-0.39, 0.29) is 22.6 Å². The molecule has 0 atom stereocenters. The fraction of sp³-hybridized carbons (Fsp3) is 0.452. The summed E-state index contributed by atoms with van der Waals surface area (Å²) in [5.74, 6) is 0.354. The zero-order valence-corrected chi connectivity index (χ0v) is 23.9. The average molecular weight is 573 g/mol. The molecular weight excluding hydrogens is 537 g/mol. The third-order valence-corrected chi connectivity index (χ3v) is 9.58. The molecule has 5 rings (SSSR count). The molecule has 5 nitrogen and oxygen atoms in total. The van der Waals surface area contributed by atoms with E-state index in [4.69, 9.17) is 4.74 Å². The Kier molecular flexibility index (Phi) is 7.50. The van der Waals surface area contributed by atoms with Crippen molar-refractivity contribution < 1.29 is 26.3 Å². The molecule has 9 heteroatoms. The van der Waals surface area contributed by atoms with Gasteiger partial charge in [-0.05, 0) is 99.5 Å². The molecule has 0 aliphatic carbocycles. The Hall–Kier alpha value is -2.91. The molecule has 0 unspecified atom stereocenters. The number of nitrogens with zero attached hydrogens (tertiary/aromatic N) is 2. The normalized spacial score (nSPS) is 17.9. The van der Waals surface area contributed by atoms with Crippen molar-refractivity contribution >= 4 is 9.84 Å². The Morgan fingerprint density at radius 2 is 1.55 bits per heavy atom. The van der Waals surface area contributed by atoms with Crippen LogP contribution in [0, 0.1) is 0 Å². The van der Waals surface area contributed by atoms with Crippen LogP contribution in [-0.2, 0) is 33.9 Å². The Bertz CT molecular complexity index is 1450. The maximum Gasteiger partial charge on any atom is 0.416 e. The Morgan fingerprint density at radius 3 is 2.15 bits per heavy atom. The van der Waals surface area contributed by atoms with Gasteiger partial charge in [0.2, 0.25) is 0 Å². The van der Waals surface area contributed by atoms with E-state index in [0.717, 1.165) is 73.5 Å². The van der Waals surface area contributed by atoms with Crippen LogP contribution >= 0.6 is 0 Å². The topological polar surface area (TPSA) is 59.5 Å². The fourth-order valence-electron chi connectivity index (χ4n) is 5.65. The zero-order valence-electron chi connectivity index (χ0n) is 23.1. The number of piperidine rings is 1. The van der Waals surface area contributed by atoms with Crippen LogP contribution in [0.2, 0.25) is 0 Å². The Balaban J connectivity index is 1.22. The largest absolute Gasteiger partial charge is 0.487 e. The van der Waals surface area contributed by atoms with Gasteiger partial charge < -0.3 is 4.74 Å². The summed E-state index contributed by atoms with van der Waals surface area (Å²) in [6, 6.07) is 13.9. The van der Waals surface area contributed by atoms with Gasteiger partial charge in [-0.3, -0.25) is 9.88 Å². The van der Waals surface area contributed by atoms with Crippen molar-refractivity contribution in [2.24, 2.45) is 0 Å². The van der Waals surface area contributed by atoms with E-state index in [1.54, 1.807) is 18.3 Å². The molecule has 40 heavy (non-hydrogen) atoms. The van der Waals surface area contributed by atoms with Crippen LogP contribution in [0.4, 0.5) is 13.2 Å². The number of halogens is 3. The maximum absolute atomic E-state index is 12.8. The minimum absolute atomic E-state index is 0.0952. The van der Waals surface area contributed by atoms with Gasteiger partial charge in [0.25, 0.3) is 0 Å². The van der Waals surface area contributed by atoms with Crippen LogP contribution in [0.15, 0.2) is 60.8 Å². The number of fused-ring (bicyclic) bond motifs is 1.